The Kier molecular flexibility index (Phi) is 5.57. The zero-order valence-corrected chi connectivity index (χ0v) is 17.0. The van der Waals surface area contributed by atoms with Gasteiger partial charge in [-0.05, 0) is 38.9 Å². The van der Waals surface area contributed by atoms with Crippen LogP contribution in [0.1, 0.15) is 39.0 Å². The van der Waals surface area contributed by atoms with E-state index in [9.17, 15) is 8.42 Å². The molecular formula is C19H27N3O5S. The Labute approximate surface area is 165 Å². The van der Waals surface area contributed by atoms with Gasteiger partial charge in [-0.2, -0.15) is 17.8 Å². The number of aromatic nitrogens is 1. The van der Waals surface area contributed by atoms with Crippen LogP contribution in [0.3, 0.4) is 0 Å². The molecule has 9 heteroatoms. The van der Waals surface area contributed by atoms with Crippen molar-refractivity contribution in [2.45, 2.75) is 55.6 Å². The first-order chi connectivity index (χ1) is 13.5. The summed E-state index contributed by atoms with van der Waals surface area (Å²) >= 11 is 0. The molecule has 3 aliphatic rings. The van der Waals surface area contributed by atoms with E-state index in [1.54, 1.807) is 6.07 Å². The van der Waals surface area contributed by atoms with E-state index in [2.05, 4.69) is 14.3 Å². The second-order valence-corrected chi connectivity index (χ2v) is 9.33. The molecule has 8 nitrogen and oxygen atoms in total. The maximum absolute atomic E-state index is 12.5. The molecule has 0 aliphatic carbocycles. The van der Waals surface area contributed by atoms with E-state index in [0.29, 0.717) is 31.9 Å². The molecule has 3 aliphatic heterocycles. The lowest BCUT2D eigenvalue weighted by Crippen LogP contribution is -2.43. The van der Waals surface area contributed by atoms with Gasteiger partial charge in [0.2, 0.25) is 11.8 Å². The van der Waals surface area contributed by atoms with Gasteiger partial charge in [0, 0.05) is 25.5 Å². The monoisotopic (exact) mass is 409 g/mol. The quantitative estimate of drug-likeness (QED) is 0.751. The SMILES string of the molecule is CC(CN1CCCCC1)Oc1ccc2c(n1)OC1(C=NS2(=O)=O)CCOCC1. The number of sulfonamides is 1. The van der Waals surface area contributed by atoms with Gasteiger partial charge in [0.05, 0.1) is 19.4 Å². The van der Waals surface area contributed by atoms with Crippen molar-refractivity contribution < 1.29 is 22.6 Å². The summed E-state index contributed by atoms with van der Waals surface area (Å²) in [6.07, 6.45) is 6.14. The van der Waals surface area contributed by atoms with Crippen molar-refractivity contribution in [1.29, 1.82) is 0 Å². The summed E-state index contributed by atoms with van der Waals surface area (Å²) in [5, 5.41) is 0. The molecule has 1 aromatic rings. The highest BCUT2D eigenvalue weighted by atomic mass is 32.2. The summed E-state index contributed by atoms with van der Waals surface area (Å²) in [5.41, 5.74) is -0.804. The maximum Gasteiger partial charge on any atom is 0.287 e. The molecule has 4 rings (SSSR count). The Morgan fingerprint density at radius 3 is 2.71 bits per heavy atom. The highest BCUT2D eigenvalue weighted by Crippen LogP contribution is 2.35. The number of fused-ring (bicyclic) bond motifs is 1. The van der Waals surface area contributed by atoms with Crippen molar-refractivity contribution in [1.82, 2.24) is 9.88 Å². The van der Waals surface area contributed by atoms with Gasteiger partial charge < -0.3 is 14.2 Å². The fourth-order valence-corrected chi connectivity index (χ4v) is 4.88. The molecule has 0 N–H and O–H groups in total. The summed E-state index contributed by atoms with van der Waals surface area (Å²) in [4.78, 5) is 6.76. The normalized spacial score (nSPS) is 24.8. The van der Waals surface area contributed by atoms with Gasteiger partial charge in [-0.1, -0.05) is 6.42 Å². The Balaban J connectivity index is 1.53. The van der Waals surface area contributed by atoms with E-state index in [0.717, 1.165) is 19.6 Å². The minimum atomic E-state index is -3.84. The predicted molar refractivity (Wildman–Crippen MR) is 104 cm³/mol. The first-order valence-corrected chi connectivity index (χ1v) is 11.4. The second kappa shape index (κ2) is 7.96. The van der Waals surface area contributed by atoms with Gasteiger partial charge in [-0.25, -0.2) is 0 Å². The number of pyridine rings is 1. The molecule has 0 saturated carbocycles. The molecule has 154 valence electrons. The fourth-order valence-electron chi connectivity index (χ4n) is 3.88. The van der Waals surface area contributed by atoms with Crippen LogP contribution in [0.2, 0.25) is 0 Å². The third-order valence-electron chi connectivity index (χ3n) is 5.43. The molecule has 28 heavy (non-hydrogen) atoms. The fraction of sp³-hybridized carbons (Fsp3) is 0.684. The Morgan fingerprint density at radius 2 is 1.96 bits per heavy atom. The first kappa shape index (κ1) is 19.6. The summed E-state index contributed by atoms with van der Waals surface area (Å²) < 4.78 is 46.3. The number of hydrogen-bond donors (Lipinski definition) is 0. The van der Waals surface area contributed by atoms with Gasteiger partial charge in [-0.15, -0.1) is 0 Å². The van der Waals surface area contributed by atoms with Crippen LogP contribution in [0.25, 0.3) is 0 Å². The summed E-state index contributed by atoms with van der Waals surface area (Å²) in [6, 6.07) is 3.04. The molecule has 0 bridgehead atoms. The molecule has 1 aromatic heterocycles. The van der Waals surface area contributed by atoms with Gasteiger partial charge >= 0.3 is 0 Å². The summed E-state index contributed by atoms with van der Waals surface area (Å²) in [6.45, 7) is 5.99. The van der Waals surface area contributed by atoms with E-state index >= 15 is 0 Å². The van der Waals surface area contributed by atoms with Crippen LogP contribution in [0.5, 0.6) is 11.8 Å². The molecule has 1 atom stereocenters. The lowest BCUT2D eigenvalue weighted by molar-refractivity contribution is -0.00623. The minimum Gasteiger partial charge on any atom is -0.473 e. The van der Waals surface area contributed by atoms with E-state index in [1.807, 2.05) is 6.92 Å². The lowest BCUT2D eigenvalue weighted by atomic mass is 9.96. The van der Waals surface area contributed by atoms with Crippen molar-refractivity contribution in [3.05, 3.63) is 12.1 Å². The van der Waals surface area contributed by atoms with Crippen LogP contribution in [-0.2, 0) is 14.8 Å². The Hall–Kier alpha value is -1.71. The van der Waals surface area contributed by atoms with Crippen molar-refractivity contribution in [3.63, 3.8) is 0 Å². The van der Waals surface area contributed by atoms with Crippen LogP contribution in [0.4, 0.5) is 0 Å². The standard InChI is InChI=1S/C19H27N3O5S/c1-15(13-22-9-3-2-4-10-22)26-17-6-5-16-18(21-17)27-19(7-11-25-12-8-19)14-20-28(16,23)24/h5-6,14-15H,2-4,7-13H2,1H3. The highest BCUT2D eigenvalue weighted by molar-refractivity contribution is 7.90. The number of piperidine rings is 1. The van der Waals surface area contributed by atoms with Crippen LogP contribution < -0.4 is 9.47 Å². The van der Waals surface area contributed by atoms with Gasteiger partial charge in [0.1, 0.15) is 6.10 Å². The third-order valence-corrected chi connectivity index (χ3v) is 6.68. The molecule has 0 aromatic carbocycles. The largest absolute Gasteiger partial charge is 0.473 e. The number of rotatable bonds is 4. The van der Waals surface area contributed by atoms with Gasteiger partial charge in [0.25, 0.3) is 10.0 Å². The van der Waals surface area contributed by atoms with Crippen LogP contribution >= 0.6 is 0 Å². The van der Waals surface area contributed by atoms with Crippen molar-refractivity contribution >= 4 is 16.2 Å². The van der Waals surface area contributed by atoms with Crippen molar-refractivity contribution in [3.8, 4) is 11.8 Å². The Morgan fingerprint density at radius 1 is 1.21 bits per heavy atom. The van der Waals surface area contributed by atoms with Gasteiger partial charge in [0.15, 0.2) is 10.5 Å². The molecular weight excluding hydrogens is 382 g/mol. The van der Waals surface area contributed by atoms with Crippen molar-refractivity contribution in [2.75, 3.05) is 32.8 Å². The average Bonchev–Trinajstić information content (AvgIpc) is 2.77. The van der Waals surface area contributed by atoms with Crippen molar-refractivity contribution in [2.24, 2.45) is 4.40 Å². The maximum atomic E-state index is 12.5. The second-order valence-electron chi connectivity index (χ2n) is 7.73. The van der Waals surface area contributed by atoms with E-state index in [-0.39, 0.29) is 16.9 Å². The molecule has 2 fully saturated rings. The molecule has 4 heterocycles. The Bertz CT molecular complexity index is 830. The zero-order valence-electron chi connectivity index (χ0n) is 16.2. The smallest absolute Gasteiger partial charge is 0.287 e. The topological polar surface area (TPSA) is 90.3 Å². The molecule has 0 amide bonds. The predicted octanol–water partition coefficient (Wildman–Crippen LogP) is 2.04. The van der Waals surface area contributed by atoms with E-state index in [1.165, 1.54) is 31.5 Å². The summed E-state index contributed by atoms with van der Waals surface area (Å²) in [7, 11) is -3.84. The molecule has 1 spiro atoms. The first-order valence-electron chi connectivity index (χ1n) is 9.94. The third kappa shape index (κ3) is 4.31. The molecule has 1 unspecified atom stereocenters. The number of hydrogen-bond acceptors (Lipinski definition) is 7. The van der Waals surface area contributed by atoms with Crippen LogP contribution in [0, 0.1) is 0 Å². The average molecular weight is 410 g/mol. The summed E-state index contributed by atoms with van der Waals surface area (Å²) in [5.74, 6) is 0.421. The highest BCUT2D eigenvalue weighted by Gasteiger charge is 2.39. The molecule has 2 saturated heterocycles. The van der Waals surface area contributed by atoms with Crippen LogP contribution in [-0.4, -0.2) is 69.1 Å². The zero-order chi connectivity index (χ0) is 19.6. The van der Waals surface area contributed by atoms with Crippen LogP contribution in [0.15, 0.2) is 21.4 Å². The van der Waals surface area contributed by atoms with E-state index in [4.69, 9.17) is 14.2 Å². The molecule has 0 radical (unpaired) electrons. The van der Waals surface area contributed by atoms with Gasteiger partial charge in [-0.3, -0.25) is 4.90 Å². The number of likely N-dealkylation sites (tertiary alicyclic amines) is 1. The lowest BCUT2D eigenvalue weighted by Gasteiger charge is -2.33. The minimum absolute atomic E-state index is 0.0249. The number of ether oxygens (including phenoxy) is 3. The van der Waals surface area contributed by atoms with E-state index < -0.39 is 15.6 Å². The number of nitrogens with zero attached hydrogens (tertiary/aromatic N) is 3.